The van der Waals surface area contributed by atoms with Gasteiger partial charge in [-0.2, -0.15) is 0 Å². The third kappa shape index (κ3) is 3.37. The Labute approximate surface area is 163 Å². The molecule has 1 saturated heterocycles. The number of para-hydroxylation sites is 1. The number of halogens is 1. The van der Waals surface area contributed by atoms with E-state index >= 15 is 0 Å². The number of fused-ring (bicyclic) bond motifs is 1. The van der Waals surface area contributed by atoms with Gasteiger partial charge in [-0.15, -0.1) is 0 Å². The summed E-state index contributed by atoms with van der Waals surface area (Å²) >= 11 is 4.87. The van der Waals surface area contributed by atoms with Gasteiger partial charge < -0.3 is 4.90 Å². The number of hydrogen-bond acceptors (Lipinski definition) is 4. The van der Waals surface area contributed by atoms with Gasteiger partial charge in [0.15, 0.2) is 5.13 Å². The number of anilines is 1. The van der Waals surface area contributed by atoms with Gasteiger partial charge in [0.1, 0.15) is 6.67 Å². The summed E-state index contributed by atoms with van der Waals surface area (Å²) in [6.45, 7) is 0.899. The van der Waals surface area contributed by atoms with Crippen molar-refractivity contribution in [1.82, 2.24) is 9.88 Å². The minimum Gasteiger partial charge on any atom is -0.324 e. The molecule has 1 aliphatic rings. The fourth-order valence-electron chi connectivity index (χ4n) is 2.99. The van der Waals surface area contributed by atoms with E-state index in [0.717, 1.165) is 21.1 Å². The molecule has 0 bridgehead atoms. The fraction of sp³-hybridized carbons (Fsp3) is 0.211. The summed E-state index contributed by atoms with van der Waals surface area (Å²) in [5.41, 5.74) is 1.41. The van der Waals surface area contributed by atoms with E-state index in [0.29, 0.717) is 23.7 Å². The summed E-state index contributed by atoms with van der Waals surface area (Å²) in [6.07, 6.45) is 1.37. The zero-order chi connectivity index (χ0) is 18.1. The summed E-state index contributed by atoms with van der Waals surface area (Å²) in [5.74, 6) is -0.0804. The molecular weight excluding hydrogens is 414 g/mol. The average molecular weight is 430 g/mol. The van der Waals surface area contributed by atoms with Gasteiger partial charge in [0.05, 0.1) is 10.2 Å². The second-order valence-electron chi connectivity index (χ2n) is 6.11. The molecular formula is C19H16BrN3O2S. The van der Waals surface area contributed by atoms with Crippen LogP contribution >= 0.6 is 27.3 Å². The van der Waals surface area contributed by atoms with Crippen LogP contribution in [0.15, 0.2) is 53.0 Å². The van der Waals surface area contributed by atoms with Gasteiger partial charge in [0.2, 0.25) is 5.91 Å². The fourth-order valence-corrected chi connectivity index (χ4v) is 4.34. The molecule has 0 radical (unpaired) electrons. The van der Waals surface area contributed by atoms with Crippen molar-refractivity contribution in [3.63, 3.8) is 0 Å². The Balaban J connectivity index is 1.73. The molecule has 2 heterocycles. The molecule has 7 heteroatoms. The van der Waals surface area contributed by atoms with Gasteiger partial charge >= 0.3 is 0 Å². The number of aromatic nitrogens is 1. The van der Waals surface area contributed by atoms with Crippen LogP contribution in [0.1, 0.15) is 23.2 Å². The highest BCUT2D eigenvalue weighted by molar-refractivity contribution is 9.10. The summed E-state index contributed by atoms with van der Waals surface area (Å²) in [4.78, 5) is 33.2. The van der Waals surface area contributed by atoms with Crippen LogP contribution < -0.4 is 4.90 Å². The van der Waals surface area contributed by atoms with Crippen molar-refractivity contribution in [3.8, 4) is 0 Å². The second-order valence-corrected chi connectivity index (χ2v) is 8.03. The number of carbonyl (C=O) groups excluding carboxylic acids is 2. The molecule has 0 saturated carbocycles. The molecule has 0 N–H and O–H groups in total. The first-order valence-corrected chi connectivity index (χ1v) is 9.93. The highest BCUT2D eigenvalue weighted by Gasteiger charge is 2.28. The van der Waals surface area contributed by atoms with E-state index < -0.39 is 0 Å². The van der Waals surface area contributed by atoms with Gasteiger partial charge in [0.25, 0.3) is 5.91 Å². The molecule has 0 spiro atoms. The van der Waals surface area contributed by atoms with Gasteiger partial charge in [-0.1, -0.05) is 45.5 Å². The summed E-state index contributed by atoms with van der Waals surface area (Å²) in [6, 6.07) is 15.1. The predicted octanol–water partition coefficient (Wildman–Crippen LogP) is 4.29. The maximum absolute atomic E-state index is 13.2. The molecule has 0 aliphatic carbocycles. The van der Waals surface area contributed by atoms with Gasteiger partial charge in [-0.25, -0.2) is 4.98 Å². The van der Waals surface area contributed by atoms with Crippen LogP contribution in [0.3, 0.4) is 0 Å². The number of rotatable bonds is 4. The van der Waals surface area contributed by atoms with Crippen molar-refractivity contribution >= 4 is 54.4 Å². The lowest BCUT2D eigenvalue weighted by Gasteiger charge is -2.26. The first-order valence-electron chi connectivity index (χ1n) is 8.32. The molecule has 0 atom stereocenters. The minimum atomic E-state index is -0.162. The van der Waals surface area contributed by atoms with Crippen molar-refractivity contribution in [2.45, 2.75) is 12.8 Å². The SMILES string of the molecule is O=C1CCCN1CN(C(=O)c1cccc(Br)c1)c1nc2ccccc2s1. The van der Waals surface area contributed by atoms with Crippen LogP contribution in [0, 0.1) is 0 Å². The normalized spacial score (nSPS) is 14.2. The van der Waals surface area contributed by atoms with E-state index in [2.05, 4.69) is 20.9 Å². The van der Waals surface area contributed by atoms with Crippen molar-refractivity contribution in [2.75, 3.05) is 18.1 Å². The summed E-state index contributed by atoms with van der Waals surface area (Å²) < 4.78 is 1.85. The maximum atomic E-state index is 13.2. The third-order valence-electron chi connectivity index (χ3n) is 4.31. The number of hydrogen-bond donors (Lipinski definition) is 0. The highest BCUT2D eigenvalue weighted by Crippen LogP contribution is 2.30. The van der Waals surface area contributed by atoms with E-state index in [1.54, 1.807) is 21.9 Å². The molecule has 132 valence electrons. The quantitative estimate of drug-likeness (QED) is 0.621. The van der Waals surface area contributed by atoms with Crippen LogP contribution in [-0.4, -0.2) is 34.9 Å². The number of nitrogens with zero attached hydrogens (tertiary/aromatic N) is 3. The van der Waals surface area contributed by atoms with Gasteiger partial charge in [-0.3, -0.25) is 14.5 Å². The molecule has 2 aromatic carbocycles. The van der Waals surface area contributed by atoms with Crippen LogP contribution in [0.4, 0.5) is 5.13 Å². The number of amides is 2. The zero-order valence-corrected chi connectivity index (χ0v) is 16.3. The summed E-state index contributed by atoms with van der Waals surface area (Å²) in [7, 11) is 0. The van der Waals surface area contributed by atoms with E-state index in [-0.39, 0.29) is 18.5 Å². The topological polar surface area (TPSA) is 53.5 Å². The lowest BCUT2D eigenvalue weighted by atomic mass is 10.2. The Hall–Kier alpha value is -2.25. The van der Waals surface area contributed by atoms with Crippen LogP contribution in [0.2, 0.25) is 0 Å². The van der Waals surface area contributed by atoms with Crippen molar-refractivity contribution in [1.29, 1.82) is 0 Å². The number of carbonyl (C=O) groups is 2. The zero-order valence-electron chi connectivity index (χ0n) is 13.9. The minimum absolute atomic E-state index is 0.0816. The van der Waals surface area contributed by atoms with E-state index in [1.807, 2.05) is 36.4 Å². The first kappa shape index (κ1) is 17.2. The Kier molecular flexibility index (Phi) is 4.74. The van der Waals surface area contributed by atoms with Gasteiger partial charge in [-0.05, 0) is 36.8 Å². The lowest BCUT2D eigenvalue weighted by molar-refractivity contribution is -0.127. The molecule has 1 aliphatic heterocycles. The van der Waals surface area contributed by atoms with Crippen molar-refractivity contribution < 1.29 is 9.59 Å². The number of thiazole rings is 1. The van der Waals surface area contributed by atoms with E-state index in [4.69, 9.17) is 0 Å². The van der Waals surface area contributed by atoms with Gasteiger partial charge in [0, 0.05) is 23.0 Å². The predicted molar refractivity (Wildman–Crippen MR) is 106 cm³/mol. The number of likely N-dealkylation sites (tertiary alicyclic amines) is 1. The Morgan fingerprint density at radius 3 is 2.81 bits per heavy atom. The van der Waals surface area contributed by atoms with Crippen LogP contribution in [-0.2, 0) is 4.79 Å². The Morgan fingerprint density at radius 2 is 2.08 bits per heavy atom. The largest absolute Gasteiger partial charge is 0.324 e. The first-order chi connectivity index (χ1) is 12.6. The summed E-state index contributed by atoms with van der Waals surface area (Å²) in [5, 5.41) is 0.607. The van der Waals surface area contributed by atoms with Crippen molar-refractivity contribution in [3.05, 3.63) is 58.6 Å². The highest BCUT2D eigenvalue weighted by atomic mass is 79.9. The lowest BCUT2D eigenvalue weighted by Crippen LogP contribution is -2.42. The molecule has 0 unspecified atom stereocenters. The molecule has 4 rings (SSSR count). The molecule has 1 aromatic heterocycles. The van der Waals surface area contributed by atoms with E-state index in [1.165, 1.54) is 11.3 Å². The Bertz CT molecular complexity index is 955. The monoisotopic (exact) mass is 429 g/mol. The van der Waals surface area contributed by atoms with Crippen molar-refractivity contribution in [2.24, 2.45) is 0 Å². The second kappa shape index (κ2) is 7.17. The molecule has 26 heavy (non-hydrogen) atoms. The molecule has 5 nitrogen and oxygen atoms in total. The Morgan fingerprint density at radius 1 is 1.23 bits per heavy atom. The third-order valence-corrected chi connectivity index (χ3v) is 5.87. The van der Waals surface area contributed by atoms with Crippen LogP contribution in [0.5, 0.6) is 0 Å². The smallest absolute Gasteiger partial charge is 0.261 e. The van der Waals surface area contributed by atoms with E-state index in [9.17, 15) is 9.59 Å². The molecule has 1 fully saturated rings. The van der Waals surface area contributed by atoms with Crippen LogP contribution in [0.25, 0.3) is 10.2 Å². The molecule has 2 amide bonds. The standard InChI is InChI=1S/C19H16BrN3O2S/c20-14-6-3-5-13(11-14)18(25)23(12-22-10-4-9-17(22)24)19-21-15-7-1-2-8-16(15)26-19/h1-3,5-8,11H,4,9-10,12H2. The maximum Gasteiger partial charge on any atom is 0.261 e. The molecule has 3 aromatic rings. The number of benzene rings is 2. The average Bonchev–Trinajstić information content (AvgIpc) is 3.24.